The molecule has 0 bridgehead atoms. The Balaban J connectivity index is 1.95. The molecule has 22 heavy (non-hydrogen) atoms. The van der Waals surface area contributed by atoms with Crippen LogP contribution < -0.4 is 0 Å². The molecule has 0 aliphatic carbocycles. The minimum atomic E-state index is -0.736. The van der Waals surface area contributed by atoms with Crippen molar-refractivity contribution in [1.29, 1.82) is 0 Å². The highest BCUT2D eigenvalue weighted by atomic mass is 16.3. The smallest absolute Gasteiger partial charge is 0.140 e. The molecule has 0 spiro atoms. The first-order valence-electron chi connectivity index (χ1n) is 7.42. The van der Waals surface area contributed by atoms with Gasteiger partial charge in [0.15, 0.2) is 0 Å². The maximum absolute atomic E-state index is 10.7. The molecule has 2 aromatic carbocycles. The van der Waals surface area contributed by atoms with E-state index in [-0.39, 0.29) is 0 Å². The Morgan fingerprint density at radius 1 is 0.955 bits per heavy atom. The molecular weight excluding hydrogens is 272 g/mol. The minimum absolute atomic E-state index is 0.577. The van der Waals surface area contributed by atoms with E-state index >= 15 is 0 Å². The van der Waals surface area contributed by atoms with Crippen LogP contribution in [0.15, 0.2) is 48.7 Å². The SMILES string of the molecule is Cc1ccc(-c2cnc(C(O)c3c(C)cccc3C)[nH]2)cc1. The molecule has 0 fully saturated rings. The van der Waals surface area contributed by atoms with Gasteiger partial charge in [-0.15, -0.1) is 0 Å². The highest BCUT2D eigenvalue weighted by Crippen LogP contribution is 2.27. The number of imidazole rings is 1. The number of hydrogen-bond donors (Lipinski definition) is 2. The van der Waals surface area contributed by atoms with E-state index in [1.54, 1.807) is 6.20 Å². The summed E-state index contributed by atoms with van der Waals surface area (Å²) in [5.41, 5.74) is 6.27. The summed E-state index contributed by atoms with van der Waals surface area (Å²) >= 11 is 0. The van der Waals surface area contributed by atoms with Crippen LogP contribution in [0.25, 0.3) is 11.3 Å². The van der Waals surface area contributed by atoms with Crippen LogP contribution in [0.4, 0.5) is 0 Å². The van der Waals surface area contributed by atoms with E-state index in [0.717, 1.165) is 27.9 Å². The van der Waals surface area contributed by atoms with Gasteiger partial charge in [-0.05, 0) is 43.0 Å². The molecule has 1 aromatic heterocycles. The third kappa shape index (κ3) is 2.68. The van der Waals surface area contributed by atoms with Gasteiger partial charge in [0.1, 0.15) is 11.9 Å². The molecular formula is C19H20N2O. The molecule has 2 N–H and O–H groups in total. The van der Waals surface area contributed by atoms with Crippen LogP contribution in [0, 0.1) is 20.8 Å². The molecule has 3 rings (SSSR count). The summed E-state index contributed by atoms with van der Waals surface area (Å²) < 4.78 is 0. The Kier molecular flexibility index (Phi) is 3.82. The maximum Gasteiger partial charge on any atom is 0.140 e. The molecule has 0 saturated carbocycles. The van der Waals surface area contributed by atoms with Gasteiger partial charge in [-0.1, -0.05) is 48.0 Å². The molecule has 0 amide bonds. The molecule has 3 nitrogen and oxygen atoms in total. The number of hydrogen-bond acceptors (Lipinski definition) is 2. The van der Waals surface area contributed by atoms with E-state index in [1.807, 2.05) is 32.0 Å². The van der Waals surface area contributed by atoms with E-state index in [2.05, 4.69) is 41.2 Å². The summed E-state index contributed by atoms with van der Waals surface area (Å²) in [6, 6.07) is 14.3. The number of aliphatic hydroxyl groups excluding tert-OH is 1. The van der Waals surface area contributed by atoms with Crippen molar-refractivity contribution in [3.05, 3.63) is 76.7 Å². The first-order chi connectivity index (χ1) is 10.6. The van der Waals surface area contributed by atoms with Crippen LogP contribution in [0.2, 0.25) is 0 Å². The summed E-state index contributed by atoms with van der Waals surface area (Å²) in [6.07, 6.45) is 1.04. The summed E-state index contributed by atoms with van der Waals surface area (Å²) in [6.45, 7) is 6.08. The van der Waals surface area contributed by atoms with Crippen molar-refractivity contribution in [3.8, 4) is 11.3 Å². The van der Waals surface area contributed by atoms with Crippen molar-refractivity contribution >= 4 is 0 Å². The van der Waals surface area contributed by atoms with Crippen LogP contribution in [-0.4, -0.2) is 15.1 Å². The van der Waals surface area contributed by atoms with Crippen LogP contribution >= 0.6 is 0 Å². The Labute approximate surface area is 130 Å². The second-order valence-corrected chi connectivity index (χ2v) is 5.76. The summed E-state index contributed by atoms with van der Waals surface area (Å²) in [5, 5.41) is 10.7. The monoisotopic (exact) mass is 292 g/mol. The highest BCUT2D eigenvalue weighted by molar-refractivity contribution is 5.59. The second kappa shape index (κ2) is 5.78. The van der Waals surface area contributed by atoms with Gasteiger partial charge in [0.2, 0.25) is 0 Å². The lowest BCUT2D eigenvalue weighted by molar-refractivity contribution is 0.209. The Bertz CT molecular complexity index is 767. The van der Waals surface area contributed by atoms with Crippen molar-refractivity contribution in [3.63, 3.8) is 0 Å². The molecule has 0 aliphatic heterocycles. The predicted octanol–water partition coefficient (Wildman–Crippen LogP) is 4.08. The zero-order chi connectivity index (χ0) is 15.7. The van der Waals surface area contributed by atoms with E-state index in [0.29, 0.717) is 5.82 Å². The number of aliphatic hydroxyl groups is 1. The van der Waals surface area contributed by atoms with Gasteiger partial charge < -0.3 is 10.1 Å². The van der Waals surface area contributed by atoms with Crippen LogP contribution in [0.5, 0.6) is 0 Å². The maximum atomic E-state index is 10.7. The van der Waals surface area contributed by atoms with Gasteiger partial charge in [0.25, 0.3) is 0 Å². The molecule has 1 heterocycles. The first kappa shape index (κ1) is 14.5. The van der Waals surface area contributed by atoms with Gasteiger partial charge in [-0.25, -0.2) is 4.98 Å². The van der Waals surface area contributed by atoms with Gasteiger partial charge in [-0.3, -0.25) is 0 Å². The van der Waals surface area contributed by atoms with E-state index in [1.165, 1.54) is 5.56 Å². The van der Waals surface area contributed by atoms with Gasteiger partial charge in [0, 0.05) is 0 Å². The molecule has 3 heteroatoms. The number of nitrogens with zero attached hydrogens (tertiary/aromatic N) is 1. The normalized spacial score (nSPS) is 12.4. The number of benzene rings is 2. The van der Waals surface area contributed by atoms with Crippen LogP contribution in [0.3, 0.4) is 0 Å². The Morgan fingerprint density at radius 3 is 2.23 bits per heavy atom. The number of aromatic amines is 1. The summed E-state index contributed by atoms with van der Waals surface area (Å²) in [7, 11) is 0. The molecule has 0 radical (unpaired) electrons. The van der Waals surface area contributed by atoms with E-state index < -0.39 is 6.10 Å². The Morgan fingerprint density at radius 2 is 1.59 bits per heavy atom. The third-order valence-electron chi connectivity index (χ3n) is 4.03. The molecule has 112 valence electrons. The molecule has 0 saturated heterocycles. The minimum Gasteiger partial charge on any atom is -0.380 e. The van der Waals surface area contributed by atoms with Crippen molar-refractivity contribution in [1.82, 2.24) is 9.97 Å². The average Bonchev–Trinajstić information content (AvgIpc) is 2.97. The standard InChI is InChI=1S/C19H20N2O/c1-12-7-9-15(10-8-12)16-11-20-19(21-16)18(22)17-13(2)5-4-6-14(17)3/h4-11,18,22H,1-3H3,(H,20,21). The van der Waals surface area contributed by atoms with Crippen molar-refractivity contribution < 1.29 is 5.11 Å². The number of nitrogens with one attached hydrogen (secondary N) is 1. The fourth-order valence-corrected chi connectivity index (χ4v) is 2.75. The van der Waals surface area contributed by atoms with Crippen molar-refractivity contribution in [2.45, 2.75) is 26.9 Å². The lowest BCUT2D eigenvalue weighted by Crippen LogP contribution is -2.06. The highest BCUT2D eigenvalue weighted by Gasteiger charge is 2.18. The molecule has 1 unspecified atom stereocenters. The number of aryl methyl sites for hydroxylation is 3. The van der Waals surface area contributed by atoms with E-state index in [9.17, 15) is 5.11 Å². The first-order valence-corrected chi connectivity index (χ1v) is 7.42. The molecule has 0 aliphatic rings. The third-order valence-corrected chi connectivity index (χ3v) is 4.03. The molecule has 1 atom stereocenters. The lowest BCUT2D eigenvalue weighted by atomic mass is 9.98. The van der Waals surface area contributed by atoms with Crippen LogP contribution in [-0.2, 0) is 0 Å². The summed E-state index contributed by atoms with van der Waals surface area (Å²) in [5.74, 6) is 0.577. The predicted molar refractivity (Wildman–Crippen MR) is 88.7 cm³/mol. The van der Waals surface area contributed by atoms with Crippen molar-refractivity contribution in [2.75, 3.05) is 0 Å². The lowest BCUT2D eigenvalue weighted by Gasteiger charge is -2.14. The van der Waals surface area contributed by atoms with Gasteiger partial charge in [-0.2, -0.15) is 0 Å². The fourth-order valence-electron chi connectivity index (χ4n) is 2.75. The fraction of sp³-hybridized carbons (Fsp3) is 0.211. The number of aromatic nitrogens is 2. The summed E-state index contributed by atoms with van der Waals surface area (Å²) in [4.78, 5) is 7.61. The van der Waals surface area contributed by atoms with Crippen molar-refractivity contribution in [2.24, 2.45) is 0 Å². The largest absolute Gasteiger partial charge is 0.380 e. The quantitative estimate of drug-likeness (QED) is 0.764. The number of H-pyrrole nitrogens is 1. The zero-order valence-electron chi connectivity index (χ0n) is 13.1. The number of rotatable bonds is 3. The van der Waals surface area contributed by atoms with Crippen LogP contribution in [0.1, 0.15) is 34.2 Å². The van der Waals surface area contributed by atoms with Gasteiger partial charge >= 0.3 is 0 Å². The van der Waals surface area contributed by atoms with Gasteiger partial charge in [0.05, 0.1) is 11.9 Å². The Hall–Kier alpha value is -2.39. The van der Waals surface area contributed by atoms with E-state index in [4.69, 9.17) is 0 Å². The molecule has 3 aromatic rings. The zero-order valence-corrected chi connectivity index (χ0v) is 13.1. The average molecular weight is 292 g/mol. The topological polar surface area (TPSA) is 48.9 Å². The second-order valence-electron chi connectivity index (χ2n) is 5.76.